The number of aliphatic hydroxyl groups excluding tert-OH is 1. The van der Waals surface area contributed by atoms with Crippen LogP contribution in [0, 0.1) is 34.0 Å². The van der Waals surface area contributed by atoms with Crippen molar-refractivity contribution in [1.82, 2.24) is 0 Å². The highest BCUT2D eigenvalue weighted by atomic mass is 16.6. The minimum atomic E-state index is -1.12. The zero-order valence-electron chi connectivity index (χ0n) is 23.7. The molecule has 1 aromatic carbocycles. The van der Waals surface area contributed by atoms with E-state index in [2.05, 4.69) is 27.4 Å². The molecule has 3 aliphatic carbocycles. The maximum Gasteiger partial charge on any atom is 0.495 e. The lowest BCUT2D eigenvalue weighted by Gasteiger charge is -2.61. The van der Waals surface area contributed by atoms with Crippen LogP contribution in [0.1, 0.15) is 65.4 Å². The first kappa shape index (κ1) is 28.2. The van der Waals surface area contributed by atoms with E-state index in [-0.39, 0.29) is 42.2 Å². The number of methoxy groups -OCH3 is 1. The summed E-state index contributed by atoms with van der Waals surface area (Å²) in [5.41, 5.74) is -0.332. The van der Waals surface area contributed by atoms with Crippen LogP contribution in [-0.2, 0) is 25.6 Å². The summed E-state index contributed by atoms with van der Waals surface area (Å²) in [7, 11) is 0.349. The third-order valence-corrected chi connectivity index (χ3v) is 11.0. The number of aliphatic hydroxyl groups is 1. The lowest BCUT2D eigenvalue weighted by atomic mass is 9.44. The van der Waals surface area contributed by atoms with Crippen molar-refractivity contribution in [2.24, 2.45) is 34.0 Å². The van der Waals surface area contributed by atoms with Crippen molar-refractivity contribution >= 4 is 24.3 Å². The Bertz CT molecular complexity index is 1170. The van der Waals surface area contributed by atoms with E-state index in [4.69, 9.17) is 18.9 Å². The van der Waals surface area contributed by atoms with Crippen LogP contribution in [0.5, 0.6) is 11.5 Å². The summed E-state index contributed by atoms with van der Waals surface area (Å²) in [4.78, 5) is 26.9. The molecule has 8 nitrogen and oxygen atoms in total. The first-order valence-corrected chi connectivity index (χ1v) is 14.1. The number of ether oxygens (including phenoxy) is 3. The molecule has 2 N–H and O–H groups in total. The molecule has 2 bridgehead atoms. The van der Waals surface area contributed by atoms with E-state index in [1.807, 2.05) is 6.92 Å². The molecule has 4 aliphatic rings. The Kier molecular flexibility index (Phi) is 7.17. The number of carbonyl (C=O) groups is 2. The number of rotatable bonds is 6. The van der Waals surface area contributed by atoms with Gasteiger partial charge in [-0.05, 0) is 54.6 Å². The van der Waals surface area contributed by atoms with Gasteiger partial charge in [0.05, 0.1) is 19.8 Å². The topological polar surface area (TPSA) is 112 Å². The molecule has 9 heteroatoms. The maximum atomic E-state index is 13.5. The third kappa shape index (κ3) is 4.15. The number of hydrogen-bond donors (Lipinski definition) is 2. The van der Waals surface area contributed by atoms with Crippen molar-refractivity contribution in [3.05, 3.63) is 30.4 Å². The summed E-state index contributed by atoms with van der Waals surface area (Å²) >= 11 is 0. The fourth-order valence-electron chi connectivity index (χ4n) is 8.42. The zero-order valence-corrected chi connectivity index (χ0v) is 23.7. The van der Waals surface area contributed by atoms with Crippen LogP contribution in [0.25, 0.3) is 0 Å². The maximum absolute atomic E-state index is 13.5. The Hall–Kier alpha value is -2.36. The number of Topliss-reactive ketones (excluding diaryl/α,β-unsaturated/α-hetero) is 1. The van der Waals surface area contributed by atoms with Crippen LogP contribution in [0.2, 0.25) is 0 Å². The molecular weight excluding hydrogens is 499 g/mol. The largest absolute Gasteiger partial charge is 0.495 e. The van der Waals surface area contributed by atoms with E-state index >= 15 is 0 Å². The molecule has 0 saturated heterocycles. The first-order valence-electron chi connectivity index (χ1n) is 14.1. The van der Waals surface area contributed by atoms with Crippen LogP contribution in [0.4, 0.5) is 0 Å². The Morgan fingerprint density at radius 1 is 1.28 bits per heavy atom. The van der Waals surface area contributed by atoms with Crippen LogP contribution in [0.15, 0.2) is 24.8 Å². The second-order valence-electron chi connectivity index (χ2n) is 12.7. The fraction of sp³-hybridized carbons (Fsp3) is 0.667. The summed E-state index contributed by atoms with van der Waals surface area (Å²) in [5.74, 6) is 0.0427. The van der Waals surface area contributed by atoms with Crippen molar-refractivity contribution in [2.45, 2.75) is 78.6 Å². The highest BCUT2D eigenvalue weighted by Gasteiger charge is 2.68. The summed E-state index contributed by atoms with van der Waals surface area (Å²) < 4.78 is 22.9. The van der Waals surface area contributed by atoms with Crippen molar-refractivity contribution in [2.75, 3.05) is 13.7 Å². The number of ketones is 1. The van der Waals surface area contributed by atoms with Gasteiger partial charge in [-0.3, -0.25) is 4.79 Å². The smallest absolute Gasteiger partial charge is 0.493 e. The van der Waals surface area contributed by atoms with Crippen LogP contribution in [-0.4, -0.2) is 54.9 Å². The molecule has 3 saturated carbocycles. The van der Waals surface area contributed by atoms with Crippen molar-refractivity contribution < 1.29 is 38.6 Å². The zero-order chi connectivity index (χ0) is 28.3. The lowest BCUT2D eigenvalue weighted by Crippen LogP contribution is -2.63. The molecule has 8 atom stereocenters. The second-order valence-corrected chi connectivity index (χ2v) is 12.7. The molecular formula is C30H41BO8. The van der Waals surface area contributed by atoms with Gasteiger partial charge in [0.15, 0.2) is 18.1 Å². The lowest BCUT2D eigenvalue weighted by molar-refractivity contribution is -0.207. The fourth-order valence-corrected chi connectivity index (χ4v) is 8.42. The van der Waals surface area contributed by atoms with Crippen LogP contribution < -0.4 is 14.9 Å². The Morgan fingerprint density at radius 2 is 2.03 bits per heavy atom. The van der Waals surface area contributed by atoms with Crippen molar-refractivity contribution in [3.63, 3.8) is 0 Å². The Balaban J connectivity index is 1.45. The van der Waals surface area contributed by atoms with Gasteiger partial charge in [-0.2, -0.15) is 0 Å². The SMILES string of the molecule is C=C[C@]1(C)C[C@@H](OC(=O)COc2ccc3c(c2OC)B(O)OC3)[C@@]2(C)[C@@H]3C(=O)CC[C@@]3(CC[C@@H]2C)[C@@H](C)[C@@H]1O. The molecule has 3 fully saturated rings. The molecule has 0 spiro atoms. The Labute approximate surface area is 231 Å². The molecule has 1 heterocycles. The van der Waals surface area contributed by atoms with Crippen molar-refractivity contribution in [1.29, 1.82) is 0 Å². The summed E-state index contributed by atoms with van der Waals surface area (Å²) in [6.45, 7) is 12.3. The molecule has 1 aliphatic heterocycles. The van der Waals surface area contributed by atoms with Gasteiger partial charge in [-0.25, -0.2) is 4.79 Å². The normalized spacial score (nSPS) is 39.3. The van der Waals surface area contributed by atoms with Gasteiger partial charge in [0.1, 0.15) is 11.9 Å². The Morgan fingerprint density at radius 3 is 2.72 bits per heavy atom. The van der Waals surface area contributed by atoms with Gasteiger partial charge in [0.2, 0.25) is 0 Å². The average Bonchev–Trinajstić information content (AvgIpc) is 3.48. The number of benzene rings is 1. The predicted molar refractivity (Wildman–Crippen MR) is 146 cm³/mol. The molecule has 212 valence electrons. The van der Waals surface area contributed by atoms with E-state index in [1.165, 1.54) is 7.11 Å². The molecule has 5 rings (SSSR count). The van der Waals surface area contributed by atoms with Crippen LogP contribution >= 0.6 is 0 Å². The van der Waals surface area contributed by atoms with E-state index in [9.17, 15) is 19.7 Å². The highest BCUT2D eigenvalue weighted by molar-refractivity contribution is 6.62. The summed E-state index contributed by atoms with van der Waals surface area (Å²) in [6, 6.07) is 3.46. The summed E-state index contributed by atoms with van der Waals surface area (Å²) in [5, 5.41) is 21.9. The van der Waals surface area contributed by atoms with Gasteiger partial charge in [0.25, 0.3) is 0 Å². The molecule has 39 heavy (non-hydrogen) atoms. The van der Waals surface area contributed by atoms with E-state index < -0.39 is 36.1 Å². The second kappa shape index (κ2) is 9.93. The summed E-state index contributed by atoms with van der Waals surface area (Å²) in [6.07, 6.45) is 3.84. The average molecular weight is 540 g/mol. The van der Waals surface area contributed by atoms with E-state index in [0.717, 1.165) is 24.8 Å². The monoisotopic (exact) mass is 540 g/mol. The number of fused-ring (bicyclic) bond motifs is 1. The van der Waals surface area contributed by atoms with Gasteiger partial charge < -0.3 is 29.0 Å². The molecule has 1 aromatic rings. The molecule has 0 radical (unpaired) electrons. The molecule has 0 unspecified atom stereocenters. The number of hydrogen-bond acceptors (Lipinski definition) is 8. The number of esters is 1. The molecule has 0 aromatic heterocycles. The first-order chi connectivity index (χ1) is 18.4. The van der Waals surface area contributed by atoms with E-state index in [0.29, 0.717) is 29.8 Å². The minimum Gasteiger partial charge on any atom is -0.493 e. The predicted octanol–water partition coefficient (Wildman–Crippen LogP) is 3.20. The van der Waals surface area contributed by atoms with Gasteiger partial charge in [0, 0.05) is 28.6 Å². The van der Waals surface area contributed by atoms with Gasteiger partial charge >= 0.3 is 13.1 Å². The third-order valence-electron chi connectivity index (χ3n) is 11.0. The van der Waals surface area contributed by atoms with E-state index in [1.54, 1.807) is 18.2 Å². The van der Waals surface area contributed by atoms with Crippen molar-refractivity contribution in [3.8, 4) is 11.5 Å². The minimum absolute atomic E-state index is 0.0876. The highest BCUT2D eigenvalue weighted by Crippen LogP contribution is 2.68. The number of carbonyl (C=O) groups excluding carboxylic acids is 2. The van der Waals surface area contributed by atoms with Gasteiger partial charge in [-0.15, -0.1) is 6.58 Å². The molecule has 0 amide bonds. The quantitative estimate of drug-likeness (QED) is 0.322. The van der Waals surface area contributed by atoms with Gasteiger partial charge in [-0.1, -0.05) is 39.8 Å². The standard InChI is InChI=1S/C30H41BO8/c1-7-28(4)14-22(29(5)17(2)10-12-30(18(3)27(28)34)13-11-20(32)26(29)30)39-23(33)16-37-21-9-8-19-15-38-31(35)24(19)25(21)36-6/h7-9,17-18,22,26-27,34-35H,1,10-16H2,2-6H3/t17-,18-,22+,26-,27-,28+,29-,30-/m0/s1. The van der Waals surface area contributed by atoms with Crippen LogP contribution in [0.3, 0.4) is 0 Å².